The first kappa shape index (κ1) is 22.3. The zero-order valence-corrected chi connectivity index (χ0v) is 21.1. The van der Waals surface area contributed by atoms with Crippen molar-refractivity contribution < 1.29 is 9.47 Å². The fraction of sp³-hybridized carbons (Fsp3) is 0.0588. The molecule has 0 saturated heterocycles. The van der Waals surface area contributed by atoms with E-state index in [9.17, 15) is 0 Å². The predicted molar refractivity (Wildman–Crippen MR) is 152 cm³/mol. The molecule has 6 aromatic rings. The van der Waals surface area contributed by atoms with E-state index in [-0.39, 0.29) is 0 Å². The number of ether oxygens (including phenoxy) is 2. The maximum Gasteiger partial charge on any atom is 0.161 e. The van der Waals surface area contributed by atoms with Gasteiger partial charge in [0.15, 0.2) is 5.75 Å². The molecule has 1 aliphatic rings. The highest BCUT2D eigenvalue weighted by Gasteiger charge is 2.24. The summed E-state index contributed by atoms with van der Waals surface area (Å²) in [6.07, 6.45) is 3.66. The van der Waals surface area contributed by atoms with Crippen LogP contribution in [-0.2, 0) is 0 Å². The Balaban J connectivity index is 1.30. The average molecular weight is 493 g/mol. The summed E-state index contributed by atoms with van der Waals surface area (Å²) in [5.41, 5.74) is 8.06. The summed E-state index contributed by atoms with van der Waals surface area (Å²) in [6.45, 7) is 4.13. The van der Waals surface area contributed by atoms with E-state index in [0.29, 0.717) is 0 Å². The van der Waals surface area contributed by atoms with Gasteiger partial charge in [-0.25, -0.2) is 0 Å². The van der Waals surface area contributed by atoms with Crippen LogP contribution in [0.1, 0.15) is 11.1 Å². The van der Waals surface area contributed by atoms with Crippen LogP contribution in [0.25, 0.3) is 44.4 Å². The Morgan fingerprint density at radius 3 is 2.18 bits per heavy atom. The second kappa shape index (κ2) is 8.86. The van der Waals surface area contributed by atoms with Crippen molar-refractivity contribution in [2.45, 2.75) is 13.8 Å². The van der Waals surface area contributed by atoms with Gasteiger partial charge < -0.3 is 9.47 Å². The number of hydrogen-bond donors (Lipinski definition) is 0. The fourth-order valence-corrected chi connectivity index (χ4v) is 5.26. The van der Waals surface area contributed by atoms with Crippen molar-refractivity contribution in [2.75, 3.05) is 0 Å². The quantitative estimate of drug-likeness (QED) is 0.246. The number of hydrogen-bond acceptors (Lipinski definition) is 4. The van der Waals surface area contributed by atoms with Crippen LogP contribution in [0.2, 0.25) is 0 Å². The first-order valence-corrected chi connectivity index (χ1v) is 12.6. The van der Waals surface area contributed by atoms with Crippen molar-refractivity contribution in [3.63, 3.8) is 0 Å². The third kappa shape index (κ3) is 3.87. The van der Waals surface area contributed by atoms with Gasteiger partial charge in [-0.15, -0.1) is 0 Å². The summed E-state index contributed by atoms with van der Waals surface area (Å²) in [7, 11) is 0. The molecule has 0 fully saturated rings. The SMILES string of the molecule is Cc1cc(Oc2cc(C)cc(-c3nccc4c3Oc3cccc5cccc-4c35)c2)cc(-c2ccccn2)c1. The van der Waals surface area contributed by atoms with E-state index in [1.54, 1.807) is 6.20 Å². The molecule has 4 heteroatoms. The number of aryl methyl sites for hydroxylation is 2. The van der Waals surface area contributed by atoms with E-state index in [2.05, 4.69) is 55.2 Å². The second-order valence-corrected chi connectivity index (χ2v) is 9.68. The second-order valence-electron chi connectivity index (χ2n) is 9.68. The summed E-state index contributed by atoms with van der Waals surface area (Å²) in [4.78, 5) is 9.27. The molecule has 3 heterocycles. The van der Waals surface area contributed by atoms with Gasteiger partial charge in [0, 0.05) is 34.5 Å². The largest absolute Gasteiger partial charge is 0.457 e. The molecule has 4 nitrogen and oxygen atoms in total. The van der Waals surface area contributed by atoms with Crippen molar-refractivity contribution in [1.82, 2.24) is 9.97 Å². The maximum absolute atomic E-state index is 6.50. The molecule has 0 unspecified atom stereocenters. The molecule has 38 heavy (non-hydrogen) atoms. The number of nitrogens with zero attached hydrogens (tertiary/aromatic N) is 2. The fourth-order valence-electron chi connectivity index (χ4n) is 5.26. The Morgan fingerprint density at radius 2 is 1.39 bits per heavy atom. The van der Waals surface area contributed by atoms with Crippen LogP contribution < -0.4 is 9.47 Å². The van der Waals surface area contributed by atoms with E-state index >= 15 is 0 Å². The minimum Gasteiger partial charge on any atom is -0.457 e. The molecule has 2 aromatic heterocycles. The Hall–Kier alpha value is -4.96. The lowest BCUT2D eigenvalue weighted by molar-refractivity contribution is 0.481. The first-order chi connectivity index (χ1) is 18.6. The molecule has 0 bridgehead atoms. The minimum absolute atomic E-state index is 0.746. The van der Waals surface area contributed by atoms with Gasteiger partial charge in [-0.05, 0) is 96.6 Å². The van der Waals surface area contributed by atoms with Gasteiger partial charge in [-0.1, -0.05) is 36.4 Å². The molecule has 7 rings (SSSR count). The average Bonchev–Trinajstić information content (AvgIpc) is 2.93. The third-order valence-electron chi connectivity index (χ3n) is 6.84. The highest BCUT2D eigenvalue weighted by Crippen LogP contribution is 2.49. The van der Waals surface area contributed by atoms with E-state index in [1.165, 1.54) is 5.39 Å². The number of fused-ring (bicyclic) bond motifs is 2. The standard InChI is InChI=1S/C34H24N2O2/c1-21-15-24(30-10-3-4-13-35-30)19-26(17-21)37-27-18-22(2)16-25(20-27)33-34-29(12-14-36-33)28-9-5-7-23-8-6-11-31(38-34)32(23)28/h3-20H,1-2H3. The molecule has 0 aliphatic carbocycles. The van der Waals surface area contributed by atoms with Crippen molar-refractivity contribution in [2.24, 2.45) is 0 Å². The Bertz CT molecular complexity index is 1840. The van der Waals surface area contributed by atoms with E-state index in [4.69, 9.17) is 14.5 Å². The van der Waals surface area contributed by atoms with E-state index in [1.807, 2.05) is 66.9 Å². The predicted octanol–water partition coefficient (Wildman–Crippen LogP) is 9.15. The number of benzene rings is 4. The molecule has 0 radical (unpaired) electrons. The lowest BCUT2D eigenvalue weighted by Gasteiger charge is -2.23. The molecular weight excluding hydrogens is 468 g/mol. The van der Waals surface area contributed by atoms with Crippen LogP contribution in [-0.4, -0.2) is 9.97 Å². The molecule has 0 saturated carbocycles. The zero-order chi connectivity index (χ0) is 25.6. The van der Waals surface area contributed by atoms with Gasteiger partial charge in [-0.2, -0.15) is 0 Å². The van der Waals surface area contributed by atoms with Crippen molar-refractivity contribution in [3.05, 3.63) is 121 Å². The van der Waals surface area contributed by atoms with E-state index < -0.39 is 0 Å². The lowest BCUT2D eigenvalue weighted by atomic mass is 9.93. The Kier molecular flexibility index (Phi) is 5.19. The van der Waals surface area contributed by atoms with Crippen LogP contribution in [0.4, 0.5) is 0 Å². The maximum atomic E-state index is 6.50. The Morgan fingerprint density at radius 1 is 0.632 bits per heavy atom. The van der Waals surface area contributed by atoms with Crippen LogP contribution in [0, 0.1) is 13.8 Å². The van der Waals surface area contributed by atoms with Gasteiger partial charge in [0.25, 0.3) is 0 Å². The number of aromatic nitrogens is 2. The summed E-state index contributed by atoms with van der Waals surface area (Å²) in [5, 5.41) is 2.30. The topological polar surface area (TPSA) is 44.2 Å². The van der Waals surface area contributed by atoms with Gasteiger partial charge in [0.1, 0.15) is 22.9 Å². The molecule has 0 amide bonds. The van der Waals surface area contributed by atoms with Crippen molar-refractivity contribution in [3.8, 4) is 56.6 Å². The van der Waals surface area contributed by atoms with Crippen LogP contribution in [0.3, 0.4) is 0 Å². The summed E-state index contributed by atoms with van der Waals surface area (Å²) < 4.78 is 12.9. The van der Waals surface area contributed by atoms with Gasteiger partial charge in [0.05, 0.1) is 5.69 Å². The Labute approximate surface area is 221 Å². The van der Waals surface area contributed by atoms with Crippen LogP contribution in [0.5, 0.6) is 23.0 Å². The molecule has 182 valence electrons. The molecule has 4 aromatic carbocycles. The first-order valence-electron chi connectivity index (χ1n) is 12.6. The molecular formula is C34H24N2O2. The lowest BCUT2D eigenvalue weighted by Crippen LogP contribution is -2.00. The third-order valence-corrected chi connectivity index (χ3v) is 6.84. The normalized spacial score (nSPS) is 11.6. The van der Waals surface area contributed by atoms with Crippen LogP contribution in [0.15, 0.2) is 109 Å². The highest BCUT2D eigenvalue weighted by molar-refractivity contribution is 6.05. The molecule has 0 atom stereocenters. The monoisotopic (exact) mass is 492 g/mol. The van der Waals surface area contributed by atoms with Crippen LogP contribution >= 0.6 is 0 Å². The molecule has 0 N–H and O–H groups in total. The van der Waals surface area contributed by atoms with Gasteiger partial charge in [-0.3, -0.25) is 9.97 Å². The summed E-state index contributed by atoms with van der Waals surface area (Å²) in [5.74, 6) is 3.13. The molecule has 0 spiro atoms. The van der Waals surface area contributed by atoms with Crippen molar-refractivity contribution >= 4 is 10.8 Å². The van der Waals surface area contributed by atoms with E-state index in [0.717, 1.165) is 73.2 Å². The highest BCUT2D eigenvalue weighted by atomic mass is 16.5. The summed E-state index contributed by atoms with van der Waals surface area (Å²) in [6, 6.07) is 32.9. The summed E-state index contributed by atoms with van der Waals surface area (Å²) >= 11 is 0. The van der Waals surface area contributed by atoms with Crippen molar-refractivity contribution in [1.29, 1.82) is 0 Å². The smallest absolute Gasteiger partial charge is 0.161 e. The molecule has 1 aliphatic heterocycles. The van der Waals surface area contributed by atoms with Gasteiger partial charge in [0.2, 0.25) is 0 Å². The zero-order valence-electron chi connectivity index (χ0n) is 21.1. The van der Waals surface area contributed by atoms with Gasteiger partial charge >= 0.3 is 0 Å². The number of pyridine rings is 2. The number of rotatable bonds is 4. The minimum atomic E-state index is 0.746.